The minimum absolute atomic E-state index is 0.107. The van der Waals surface area contributed by atoms with Crippen molar-refractivity contribution in [2.75, 3.05) is 0 Å². The number of pyridine rings is 1. The fourth-order valence-electron chi connectivity index (χ4n) is 2.62. The van der Waals surface area contributed by atoms with Crippen molar-refractivity contribution in [3.63, 3.8) is 0 Å². The van der Waals surface area contributed by atoms with Gasteiger partial charge >= 0.3 is 0 Å². The fourth-order valence-corrected chi connectivity index (χ4v) is 2.62. The molecule has 19 heavy (non-hydrogen) atoms. The molecule has 0 fully saturated rings. The van der Waals surface area contributed by atoms with Crippen LogP contribution < -0.4 is 0 Å². The molecule has 0 aliphatic heterocycles. The van der Waals surface area contributed by atoms with Gasteiger partial charge in [-0.15, -0.1) is 0 Å². The van der Waals surface area contributed by atoms with E-state index >= 15 is 0 Å². The van der Waals surface area contributed by atoms with Crippen LogP contribution >= 0.6 is 0 Å². The van der Waals surface area contributed by atoms with Crippen molar-refractivity contribution in [3.8, 4) is 11.1 Å². The number of benzene rings is 1. The summed E-state index contributed by atoms with van der Waals surface area (Å²) in [5, 5.41) is 0. The van der Waals surface area contributed by atoms with Gasteiger partial charge in [0, 0.05) is 22.9 Å². The zero-order valence-corrected chi connectivity index (χ0v) is 12.8. The van der Waals surface area contributed by atoms with Crippen LogP contribution in [0.3, 0.4) is 0 Å². The largest absolute Gasteiger partial charge is 0.260 e. The van der Waals surface area contributed by atoms with E-state index in [0.29, 0.717) is 0 Å². The van der Waals surface area contributed by atoms with Crippen molar-refractivity contribution in [1.82, 2.24) is 4.98 Å². The van der Waals surface area contributed by atoms with E-state index in [1.807, 2.05) is 6.20 Å². The molecule has 0 radical (unpaired) electrons. The van der Waals surface area contributed by atoms with E-state index in [4.69, 9.17) is 0 Å². The molecular formula is C18H23N. The first-order valence-electron chi connectivity index (χ1n) is 6.84. The smallest absolute Gasteiger partial charge is 0.0457 e. The van der Waals surface area contributed by atoms with E-state index in [1.54, 1.807) is 0 Å². The number of aryl methyl sites for hydroxylation is 3. The summed E-state index contributed by atoms with van der Waals surface area (Å²) in [6, 6.07) is 8.81. The molecule has 1 nitrogen and oxygen atoms in total. The highest BCUT2D eigenvalue weighted by Crippen LogP contribution is 2.29. The van der Waals surface area contributed by atoms with Gasteiger partial charge in [0.2, 0.25) is 0 Å². The standard InChI is InChI=1S/C18H23N/c1-12-9-13(2)17(14(3)10-12)15-7-8-16(19-11-15)18(4,5)6/h7-11H,1-6H3. The summed E-state index contributed by atoms with van der Waals surface area (Å²) in [5.41, 5.74) is 7.74. The number of nitrogens with zero attached hydrogens (tertiary/aromatic N) is 1. The monoisotopic (exact) mass is 253 g/mol. The Hall–Kier alpha value is -1.63. The van der Waals surface area contributed by atoms with Crippen LogP contribution in [0.25, 0.3) is 11.1 Å². The Balaban J connectivity index is 2.49. The summed E-state index contributed by atoms with van der Waals surface area (Å²) in [5.74, 6) is 0. The maximum absolute atomic E-state index is 4.63. The van der Waals surface area contributed by atoms with E-state index in [9.17, 15) is 0 Å². The molecular weight excluding hydrogens is 230 g/mol. The molecule has 1 heteroatoms. The summed E-state index contributed by atoms with van der Waals surface area (Å²) in [6.45, 7) is 13.1. The highest BCUT2D eigenvalue weighted by atomic mass is 14.7. The zero-order valence-electron chi connectivity index (χ0n) is 12.8. The highest BCUT2D eigenvalue weighted by Gasteiger charge is 2.15. The highest BCUT2D eigenvalue weighted by molar-refractivity contribution is 5.70. The summed E-state index contributed by atoms with van der Waals surface area (Å²) < 4.78 is 0. The molecule has 1 heterocycles. The van der Waals surface area contributed by atoms with Gasteiger partial charge < -0.3 is 0 Å². The van der Waals surface area contributed by atoms with Crippen LogP contribution in [0.4, 0.5) is 0 Å². The molecule has 0 aliphatic carbocycles. The molecule has 0 unspecified atom stereocenters. The fraction of sp³-hybridized carbons (Fsp3) is 0.389. The molecule has 0 bridgehead atoms. The third-order valence-corrected chi connectivity index (χ3v) is 3.50. The van der Waals surface area contributed by atoms with Crippen LogP contribution in [0, 0.1) is 20.8 Å². The zero-order chi connectivity index (χ0) is 14.2. The van der Waals surface area contributed by atoms with Gasteiger partial charge in [0.15, 0.2) is 0 Å². The second kappa shape index (κ2) is 4.80. The molecule has 0 amide bonds. The molecule has 1 aromatic carbocycles. The minimum atomic E-state index is 0.107. The van der Waals surface area contributed by atoms with Crippen molar-refractivity contribution in [3.05, 3.63) is 52.8 Å². The second-order valence-electron chi connectivity index (χ2n) is 6.46. The lowest BCUT2D eigenvalue weighted by atomic mass is 9.90. The van der Waals surface area contributed by atoms with Gasteiger partial charge in [-0.2, -0.15) is 0 Å². The molecule has 0 atom stereocenters. The van der Waals surface area contributed by atoms with E-state index in [0.717, 1.165) is 5.69 Å². The predicted molar refractivity (Wildman–Crippen MR) is 82.6 cm³/mol. The Bertz CT molecular complexity index is 563. The molecule has 100 valence electrons. The number of aromatic nitrogens is 1. The molecule has 0 spiro atoms. The maximum atomic E-state index is 4.63. The Kier molecular flexibility index (Phi) is 3.49. The van der Waals surface area contributed by atoms with Crippen LogP contribution in [0.2, 0.25) is 0 Å². The van der Waals surface area contributed by atoms with Crippen LogP contribution in [0.15, 0.2) is 30.5 Å². The number of rotatable bonds is 1. The van der Waals surface area contributed by atoms with Gasteiger partial charge in [0.05, 0.1) is 0 Å². The average molecular weight is 253 g/mol. The van der Waals surface area contributed by atoms with Gasteiger partial charge in [-0.05, 0) is 43.5 Å². The number of hydrogen-bond acceptors (Lipinski definition) is 1. The molecule has 0 saturated heterocycles. The van der Waals surface area contributed by atoms with Crippen molar-refractivity contribution in [2.45, 2.75) is 47.0 Å². The average Bonchev–Trinajstić information content (AvgIpc) is 2.27. The Morgan fingerprint density at radius 1 is 0.895 bits per heavy atom. The number of hydrogen-bond donors (Lipinski definition) is 0. The first kappa shape index (κ1) is 13.8. The normalized spacial score (nSPS) is 11.7. The van der Waals surface area contributed by atoms with Crippen molar-refractivity contribution in [1.29, 1.82) is 0 Å². The Labute approximate surface area is 116 Å². The maximum Gasteiger partial charge on any atom is 0.0457 e. The predicted octanol–water partition coefficient (Wildman–Crippen LogP) is 4.97. The van der Waals surface area contributed by atoms with Gasteiger partial charge in [-0.3, -0.25) is 4.98 Å². The summed E-state index contributed by atoms with van der Waals surface area (Å²) >= 11 is 0. The Morgan fingerprint density at radius 2 is 1.47 bits per heavy atom. The van der Waals surface area contributed by atoms with Gasteiger partial charge in [-0.1, -0.05) is 44.5 Å². The van der Waals surface area contributed by atoms with Gasteiger partial charge in [-0.25, -0.2) is 0 Å². The van der Waals surface area contributed by atoms with Crippen LogP contribution in [0.5, 0.6) is 0 Å². The lowest BCUT2D eigenvalue weighted by molar-refractivity contribution is 0.569. The topological polar surface area (TPSA) is 12.9 Å². The summed E-state index contributed by atoms with van der Waals surface area (Å²) in [7, 11) is 0. The van der Waals surface area contributed by atoms with Crippen molar-refractivity contribution < 1.29 is 0 Å². The van der Waals surface area contributed by atoms with E-state index in [1.165, 1.54) is 27.8 Å². The van der Waals surface area contributed by atoms with E-state index < -0.39 is 0 Å². The third kappa shape index (κ3) is 2.86. The Morgan fingerprint density at radius 3 is 1.89 bits per heavy atom. The molecule has 1 aromatic heterocycles. The first-order valence-corrected chi connectivity index (χ1v) is 6.84. The van der Waals surface area contributed by atoms with Crippen LogP contribution in [0.1, 0.15) is 43.2 Å². The van der Waals surface area contributed by atoms with Crippen molar-refractivity contribution >= 4 is 0 Å². The molecule has 2 rings (SSSR count). The van der Waals surface area contributed by atoms with E-state index in [-0.39, 0.29) is 5.41 Å². The quantitative estimate of drug-likeness (QED) is 0.699. The van der Waals surface area contributed by atoms with Crippen molar-refractivity contribution in [2.24, 2.45) is 0 Å². The summed E-state index contributed by atoms with van der Waals surface area (Å²) in [4.78, 5) is 4.63. The second-order valence-corrected chi connectivity index (χ2v) is 6.46. The third-order valence-electron chi connectivity index (χ3n) is 3.50. The molecule has 2 aromatic rings. The minimum Gasteiger partial charge on any atom is -0.260 e. The van der Waals surface area contributed by atoms with Gasteiger partial charge in [0.1, 0.15) is 0 Å². The SMILES string of the molecule is Cc1cc(C)c(-c2ccc(C(C)(C)C)nc2)c(C)c1. The molecule has 0 aliphatic rings. The lowest BCUT2D eigenvalue weighted by Gasteiger charge is -2.18. The lowest BCUT2D eigenvalue weighted by Crippen LogP contribution is -2.13. The molecule has 0 N–H and O–H groups in total. The van der Waals surface area contributed by atoms with Crippen LogP contribution in [-0.4, -0.2) is 4.98 Å². The van der Waals surface area contributed by atoms with Crippen LogP contribution in [-0.2, 0) is 5.41 Å². The summed E-state index contributed by atoms with van der Waals surface area (Å²) in [6.07, 6.45) is 2.01. The van der Waals surface area contributed by atoms with E-state index in [2.05, 4.69) is 70.8 Å². The molecule has 0 saturated carbocycles. The first-order chi connectivity index (χ1) is 8.79. The van der Waals surface area contributed by atoms with Gasteiger partial charge in [0.25, 0.3) is 0 Å².